The zero-order chi connectivity index (χ0) is 39.8. The van der Waals surface area contributed by atoms with Crippen LogP contribution in [0.2, 0.25) is 0 Å². The van der Waals surface area contributed by atoms with Gasteiger partial charge in [-0.1, -0.05) is 176 Å². The molecule has 14 aromatic rings. The maximum atomic E-state index is 6.37. The number of para-hydroxylation sites is 1. The third-order valence-corrected chi connectivity index (χ3v) is 13.5. The fourth-order valence-corrected chi connectivity index (χ4v) is 10.8. The highest BCUT2D eigenvalue weighted by molar-refractivity contribution is 6.28. The second-order valence-electron chi connectivity index (χ2n) is 16.7. The molecule has 1 heteroatoms. The molecule has 0 amide bonds. The predicted molar refractivity (Wildman–Crippen MR) is 260 cm³/mol. The minimum Gasteiger partial charge on any atom is -0.456 e. The number of hydrogen-bond acceptors (Lipinski definition) is 1. The summed E-state index contributed by atoms with van der Waals surface area (Å²) < 4.78 is 6.37. The highest BCUT2D eigenvalue weighted by Gasteiger charge is 2.21. The highest BCUT2D eigenvalue weighted by Crippen LogP contribution is 2.48. The van der Waals surface area contributed by atoms with Crippen LogP contribution < -0.4 is 0 Å². The summed E-state index contributed by atoms with van der Waals surface area (Å²) in [6.07, 6.45) is 0. The first-order chi connectivity index (χ1) is 30.2. The maximum absolute atomic E-state index is 6.37. The van der Waals surface area contributed by atoms with Gasteiger partial charge in [0.05, 0.1) is 0 Å². The number of furan rings is 1. The van der Waals surface area contributed by atoms with E-state index in [0.717, 1.165) is 27.5 Å². The van der Waals surface area contributed by atoms with Crippen molar-refractivity contribution >= 4 is 97.3 Å². The largest absolute Gasteiger partial charge is 0.456 e. The van der Waals surface area contributed by atoms with Gasteiger partial charge < -0.3 is 4.42 Å². The Labute approximate surface area is 351 Å². The number of rotatable bonds is 4. The summed E-state index contributed by atoms with van der Waals surface area (Å²) in [6.45, 7) is 0. The van der Waals surface area contributed by atoms with Gasteiger partial charge in [0, 0.05) is 10.8 Å². The van der Waals surface area contributed by atoms with Gasteiger partial charge in [0.2, 0.25) is 0 Å². The van der Waals surface area contributed by atoms with E-state index in [1.54, 1.807) is 0 Å². The molecule has 0 atom stereocenters. The fraction of sp³-hybridized carbons (Fsp3) is 0. The lowest BCUT2D eigenvalue weighted by Crippen LogP contribution is -1.94. The van der Waals surface area contributed by atoms with Crippen LogP contribution >= 0.6 is 0 Å². The third-order valence-electron chi connectivity index (χ3n) is 13.5. The highest BCUT2D eigenvalue weighted by atomic mass is 16.3. The Balaban J connectivity index is 1.06. The lowest BCUT2D eigenvalue weighted by molar-refractivity contribution is 0.669. The normalized spacial score (nSPS) is 12.3. The van der Waals surface area contributed by atoms with E-state index in [2.05, 4.69) is 200 Å². The summed E-state index contributed by atoms with van der Waals surface area (Å²) in [4.78, 5) is 0. The van der Waals surface area contributed by atoms with Crippen LogP contribution in [0.25, 0.3) is 142 Å². The van der Waals surface area contributed by atoms with Crippen molar-refractivity contribution in [1.82, 2.24) is 0 Å². The quantitative estimate of drug-likeness (QED) is 0.162. The van der Waals surface area contributed by atoms with Gasteiger partial charge in [-0.15, -0.1) is 0 Å². The Morgan fingerprint density at radius 3 is 1.44 bits per heavy atom. The molecule has 0 saturated heterocycles. The molecule has 0 fully saturated rings. The molecular weight excluding hydrogens is 737 g/mol. The standard InChI is InChI=1S/C60H34O/c1-2-16-48-45(14-1)52(46-28-23-40-21-19-36-9-6-11-38-25-30-50(46)60(40)57(36)38)34-51(42-26-31-55-53(33-42)47-15-3-4-17-54(47)61-55)58(48)43-13-7-12-41(32-43)44-27-22-39-20-18-35-8-5-10-37-24-29-49(44)59(39)56(35)37/h1-34H. The van der Waals surface area contributed by atoms with Crippen molar-refractivity contribution in [1.29, 1.82) is 0 Å². The smallest absolute Gasteiger partial charge is 0.135 e. The third kappa shape index (κ3) is 4.66. The minimum atomic E-state index is 0.898. The molecule has 0 bridgehead atoms. The summed E-state index contributed by atoms with van der Waals surface area (Å²) in [5.41, 5.74) is 11.5. The van der Waals surface area contributed by atoms with E-state index in [4.69, 9.17) is 4.42 Å². The van der Waals surface area contributed by atoms with Crippen molar-refractivity contribution in [3.63, 3.8) is 0 Å². The van der Waals surface area contributed by atoms with Crippen LogP contribution in [0.4, 0.5) is 0 Å². The molecule has 14 rings (SSSR count). The molecule has 0 N–H and O–H groups in total. The summed E-state index contributed by atoms with van der Waals surface area (Å²) in [7, 11) is 0. The molecule has 13 aromatic carbocycles. The van der Waals surface area contributed by atoms with Gasteiger partial charge in [0.1, 0.15) is 11.2 Å². The molecule has 0 saturated carbocycles. The van der Waals surface area contributed by atoms with Gasteiger partial charge in [-0.2, -0.15) is 0 Å². The molecule has 1 aromatic heterocycles. The molecule has 0 aliphatic heterocycles. The predicted octanol–water partition coefficient (Wildman–Crippen LogP) is 17.2. The monoisotopic (exact) mass is 770 g/mol. The second-order valence-corrected chi connectivity index (χ2v) is 16.7. The first kappa shape index (κ1) is 32.9. The second kappa shape index (κ2) is 12.3. The average molecular weight is 771 g/mol. The maximum Gasteiger partial charge on any atom is 0.135 e. The number of fused-ring (bicyclic) bond motifs is 4. The van der Waals surface area contributed by atoms with Gasteiger partial charge in [-0.25, -0.2) is 0 Å². The van der Waals surface area contributed by atoms with Crippen LogP contribution in [0.15, 0.2) is 211 Å². The van der Waals surface area contributed by atoms with Gasteiger partial charge in [0.25, 0.3) is 0 Å². The first-order valence-electron chi connectivity index (χ1n) is 21.2. The molecule has 0 unspecified atom stereocenters. The van der Waals surface area contributed by atoms with E-state index in [-0.39, 0.29) is 0 Å². The van der Waals surface area contributed by atoms with Crippen molar-refractivity contribution in [3.05, 3.63) is 206 Å². The van der Waals surface area contributed by atoms with Gasteiger partial charge in [-0.3, -0.25) is 0 Å². The molecule has 1 heterocycles. The molecule has 1 nitrogen and oxygen atoms in total. The van der Waals surface area contributed by atoms with Crippen LogP contribution in [-0.4, -0.2) is 0 Å². The van der Waals surface area contributed by atoms with E-state index < -0.39 is 0 Å². The molecule has 0 spiro atoms. The van der Waals surface area contributed by atoms with E-state index in [1.807, 2.05) is 6.07 Å². The Hall–Kier alpha value is -8.00. The topological polar surface area (TPSA) is 13.1 Å². The first-order valence-corrected chi connectivity index (χ1v) is 21.2. The summed E-state index contributed by atoms with van der Waals surface area (Å²) >= 11 is 0. The van der Waals surface area contributed by atoms with E-state index in [0.29, 0.717) is 0 Å². The summed E-state index contributed by atoms with van der Waals surface area (Å²) in [5.74, 6) is 0. The summed E-state index contributed by atoms with van der Waals surface area (Å²) in [6, 6.07) is 76.7. The lowest BCUT2D eigenvalue weighted by Gasteiger charge is -2.21. The molecule has 280 valence electrons. The van der Waals surface area contributed by atoms with E-state index in [1.165, 1.54) is 114 Å². The van der Waals surface area contributed by atoms with Crippen LogP contribution in [0.5, 0.6) is 0 Å². The van der Waals surface area contributed by atoms with Gasteiger partial charge in [0.15, 0.2) is 0 Å². The van der Waals surface area contributed by atoms with Crippen molar-refractivity contribution in [2.45, 2.75) is 0 Å². The van der Waals surface area contributed by atoms with Crippen LogP contribution in [-0.2, 0) is 0 Å². The zero-order valence-corrected chi connectivity index (χ0v) is 33.0. The van der Waals surface area contributed by atoms with Crippen molar-refractivity contribution in [3.8, 4) is 44.5 Å². The van der Waals surface area contributed by atoms with Crippen molar-refractivity contribution < 1.29 is 4.42 Å². The molecule has 0 radical (unpaired) electrons. The Bertz CT molecular complexity index is 4080. The lowest BCUT2D eigenvalue weighted by atomic mass is 9.82. The number of hydrogen-bond donors (Lipinski definition) is 0. The minimum absolute atomic E-state index is 0.898. The average Bonchev–Trinajstić information content (AvgIpc) is 3.70. The zero-order valence-electron chi connectivity index (χ0n) is 33.0. The van der Waals surface area contributed by atoms with Crippen molar-refractivity contribution in [2.24, 2.45) is 0 Å². The van der Waals surface area contributed by atoms with Gasteiger partial charge in [-0.05, 0) is 150 Å². The van der Waals surface area contributed by atoms with Crippen molar-refractivity contribution in [2.75, 3.05) is 0 Å². The Morgan fingerprint density at radius 1 is 0.230 bits per heavy atom. The molecule has 0 aliphatic rings. The Morgan fingerprint density at radius 2 is 0.738 bits per heavy atom. The molecule has 0 aliphatic carbocycles. The van der Waals surface area contributed by atoms with Crippen LogP contribution in [0.3, 0.4) is 0 Å². The summed E-state index contributed by atoms with van der Waals surface area (Å²) in [5, 5.41) is 20.3. The van der Waals surface area contributed by atoms with Crippen LogP contribution in [0, 0.1) is 0 Å². The van der Waals surface area contributed by atoms with E-state index >= 15 is 0 Å². The van der Waals surface area contributed by atoms with E-state index in [9.17, 15) is 0 Å². The number of benzene rings is 13. The van der Waals surface area contributed by atoms with Gasteiger partial charge >= 0.3 is 0 Å². The van der Waals surface area contributed by atoms with Crippen LogP contribution in [0.1, 0.15) is 0 Å². The molecular formula is C60H34O. The Kier molecular flexibility index (Phi) is 6.62. The fourth-order valence-electron chi connectivity index (χ4n) is 10.8. The molecule has 61 heavy (non-hydrogen) atoms. The SMILES string of the molecule is c1cc(-c2c(-c3ccc4oc5ccccc5c4c3)cc(-c3ccc4ccc5cccc6ccc3c4c56)c3ccccc23)cc(-c2ccc3ccc4cccc5ccc2c3c45)c1.